The Balaban J connectivity index is 1.17. The number of carbonyl (C=O) groups is 1. The van der Waals surface area contributed by atoms with Gasteiger partial charge in [0.2, 0.25) is 5.88 Å². The number of anilines is 2. The average Bonchev–Trinajstić information content (AvgIpc) is 3.82. The van der Waals surface area contributed by atoms with Crippen molar-refractivity contribution >= 4 is 39.5 Å². The fraction of sp³-hybridized carbons (Fsp3) is 0.400. The van der Waals surface area contributed by atoms with E-state index >= 15 is 0 Å². The van der Waals surface area contributed by atoms with E-state index in [1.165, 1.54) is 24.0 Å². The molecule has 3 fully saturated rings. The van der Waals surface area contributed by atoms with Gasteiger partial charge in [0.15, 0.2) is 17.2 Å². The fourth-order valence-electron chi connectivity index (χ4n) is 6.95. The second kappa shape index (κ2) is 12.4. The summed E-state index contributed by atoms with van der Waals surface area (Å²) in [7, 11) is 1.81. The molecule has 3 aliphatic heterocycles. The molecule has 3 aliphatic rings. The van der Waals surface area contributed by atoms with Crippen molar-refractivity contribution in [2.45, 2.75) is 50.5 Å². The number of carboxylic acid groups (broad SMARTS) is 1. The number of fused-ring (bicyclic) bond motifs is 3. The SMILES string of the molecule is Cc1c(F)ccc2c1oc1c(N3C[C@@H](Oc4ncc(C#Cc5ccn(C)n5)cc4N4CCOC5(COC5)[C@@H]4C)C[C@H]3C(=O)O)nc(C(F)F)nc12. The number of ether oxygens (including phenoxy) is 3. The van der Waals surface area contributed by atoms with Gasteiger partial charge in [0, 0.05) is 48.9 Å². The number of hydrogen-bond acceptors (Lipinski definition) is 11. The van der Waals surface area contributed by atoms with Crippen LogP contribution >= 0.6 is 0 Å². The normalized spacial score (nSPS) is 21.4. The number of pyridine rings is 1. The number of hydrogen-bond donors (Lipinski definition) is 1. The van der Waals surface area contributed by atoms with Crippen molar-refractivity contribution in [3.63, 3.8) is 0 Å². The Bertz CT molecular complexity index is 2240. The lowest BCUT2D eigenvalue weighted by atomic mass is 9.90. The fourth-order valence-corrected chi connectivity index (χ4v) is 6.95. The van der Waals surface area contributed by atoms with Crippen LogP contribution in [-0.4, -0.2) is 92.5 Å². The Morgan fingerprint density at radius 1 is 1.16 bits per heavy atom. The number of morpholine rings is 1. The summed E-state index contributed by atoms with van der Waals surface area (Å²) in [5.74, 6) is 3.69. The molecule has 51 heavy (non-hydrogen) atoms. The lowest BCUT2D eigenvalue weighted by Crippen LogP contribution is -2.68. The number of furan rings is 1. The Morgan fingerprint density at radius 3 is 2.69 bits per heavy atom. The number of aromatic nitrogens is 5. The van der Waals surface area contributed by atoms with Crippen LogP contribution in [0.5, 0.6) is 5.88 Å². The quantitative estimate of drug-likeness (QED) is 0.251. The molecule has 5 aromatic rings. The van der Waals surface area contributed by atoms with E-state index in [9.17, 15) is 23.1 Å². The standard InChI is InChI=1S/C35H32F3N7O6/c1-18-24(36)7-6-23-27-29(51-28(18)23)32(41-31(40-27)30(37)38)45-15-22(13-26(45)34(46)47)50-33-25(44-10-11-49-35(19(44)2)16-48-17-35)12-20(14-39-33)4-5-21-8-9-43(3)42-21/h6-9,12,14,19,22,26,30H,10-11,13,15-17H2,1-3H3,(H,46,47)/t19-,22-,26-/m0/s1. The molecule has 3 atom stereocenters. The van der Waals surface area contributed by atoms with Crippen LogP contribution in [0.15, 0.2) is 41.1 Å². The third kappa shape index (κ3) is 5.66. The first-order chi connectivity index (χ1) is 24.5. The van der Waals surface area contributed by atoms with E-state index in [1.807, 2.05) is 13.0 Å². The predicted molar refractivity (Wildman–Crippen MR) is 176 cm³/mol. The molecule has 7 heterocycles. The number of nitrogens with zero attached hydrogens (tertiary/aromatic N) is 7. The molecule has 0 unspecified atom stereocenters. The minimum atomic E-state index is -3.07. The van der Waals surface area contributed by atoms with Crippen LogP contribution in [-0.2, 0) is 21.3 Å². The summed E-state index contributed by atoms with van der Waals surface area (Å²) >= 11 is 0. The van der Waals surface area contributed by atoms with E-state index in [2.05, 4.69) is 36.8 Å². The van der Waals surface area contributed by atoms with Crippen LogP contribution in [0.3, 0.4) is 0 Å². The molecular weight excluding hydrogens is 671 g/mol. The van der Waals surface area contributed by atoms with Gasteiger partial charge in [-0.3, -0.25) is 4.68 Å². The molecule has 0 amide bonds. The van der Waals surface area contributed by atoms with Gasteiger partial charge in [-0.25, -0.2) is 32.9 Å². The summed E-state index contributed by atoms with van der Waals surface area (Å²) in [6.45, 7) is 5.31. The summed E-state index contributed by atoms with van der Waals surface area (Å²) in [6, 6.07) is 4.91. The van der Waals surface area contributed by atoms with Crippen molar-refractivity contribution in [2.24, 2.45) is 7.05 Å². The molecule has 8 rings (SSSR count). The molecule has 13 nitrogen and oxygen atoms in total. The van der Waals surface area contributed by atoms with Crippen LogP contribution in [0.4, 0.5) is 24.7 Å². The number of halogens is 3. The van der Waals surface area contributed by atoms with Crippen molar-refractivity contribution in [1.29, 1.82) is 0 Å². The third-order valence-electron chi connectivity index (χ3n) is 9.79. The zero-order valence-electron chi connectivity index (χ0n) is 27.8. The molecule has 1 aromatic carbocycles. The average molecular weight is 704 g/mol. The van der Waals surface area contributed by atoms with Crippen molar-refractivity contribution in [3.8, 4) is 17.7 Å². The topological polar surface area (TPSA) is 141 Å². The zero-order chi connectivity index (χ0) is 35.6. The highest BCUT2D eigenvalue weighted by molar-refractivity contribution is 6.07. The predicted octanol–water partition coefficient (Wildman–Crippen LogP) is 4.39. The first kappa shape index (κ1) is 32.8. The maximum Gasteiger partial charge on any atom is 0.326 e. The lowest BCUT2D eigenvalue weighted by molar-refractivity contribution is -0.228. The van der Waals surface area contributed by atoms with E-state index in [0.29, 0.717) is 48.7 Å². The molecule has 0 bridgehead atoms. The van der Waals surface area contributed by atoms with Gasteiger partial charge in [-0.05, 0) is 44.0 Å². The van der Waals surface area contributed by atoms with Crippen LogP contribution in [0.25, 0.3) is 22.1 Å². The number of benzene rings is 1. The Kier molecular flexibility index (Phi) is 7.99. The van der Waals surface area contributed by atoms with Crippen molar-refractivity contribution in [3.05, 3.63) is 65.1 Å². The van der Waals surface area contributed by atoms with Crippen molar-refractivity contribution in [1.82, 2.24) is 24.7 Å². The maximum absolute atomic E-state index is 14.5. The zero-order valence-corrected chi connectivity index (χ0v) is 27.8. The molecule has 1 N–H and O–H groups in total. The largest absolute Gasteiger partial charge is 0.480 e. The minimum Gasteiger partial charge on any atom is -0.480 e. The van der Waals surface area contributed by atoms with Crippen LogP contribution in [0, 0.1) is 24.6 Å². The van der Waals surface area contributed by atoms with Crippen molar-refractivity contribution < 1.29 is 41.7 Å². The summed E-state index contributed by atoms with van der Waals surface area (Å²) in [5, 5.41) is 15.0. The summed E-state index contributed by atoms with van der Waals surface area (Å²) in [5.41, 5.74) is 1.61. The van der Waals surface area contributed by atoms with E-state index in [4.69, 9.17) is 18.6 Å². The lowest BCUT2D eigenvalue weighted by Gasteiger charge is -2.53. The molecule has 0 saturated carbocycles. The number of aryl methyl sites for hydroxylation is 2. The highest BCUT2D eigenvalue weighted by atomic mass is 19.3. The Labute approximate surface area is 288 Å². The monoisotopic (exact) mass is 703 g/mol. The second-order valence-electron chi connectivity index (χ2n) is 13.0. The first-order valence-corrected chi connectivity index (χ1v) is 16.3. The van der Waals surface area contributed by atoms with Crippen LogP contribution in [0.2, 0.25) is 0 Å². The highest BCUT2D eigenvalue weighted by Gasteiger charge is 2.50. The van der Waals surface area contributed by atoms with Crippen molar-refractivity contribution in [2.75, 3.05) is 42.7 Å². The Hall–Kier alpha value is -5.40. The summed E-state index contributed by atoms with van der Waals surface area (Å²) < 4.78 is 68.5. The van der Waals surface area contributed by atoms with Gasteiger partial charge < -0.3 is 33.5 Å². The van der Waals surface area contributed by atoms with E-state index in [1.54, 1.807) is 30.2 Å². The van der Waals surface area contributed by atoms with Gasteiger partial charge in [-0.1, -0.05) is 5.92 Å². The maximum atomic E-state index is 14.5. The molecule has 4 aromatic heterocycles. The van der Waals surface area contributed by atoms with Gasteiger partial charge in [0.25, 0.3) is 6.43 Å². The molecule has 3 saturated heterocycles. The third-order valence-corrected chi connectivity index (χ3v) is 9.79. The molecule has 264 valence electrons. The smallest absolute Gasteiger partial charge is 0.326 e. The summed E-state index contributed by atoms with van der Waals surface area (Å²) in [4.78, 5) is 28.9. The molecule has 0 radical (unpaired) electrons. The molecule has 0 aliphatic carbocycles. The van der Waals surface area contributed by atoms with Gasteiger partial charge in [-0.2, -0.15) is 5.10 Å². The molecule has 16 heteroatoms. The summed E-state index contributed by atoms with van der Waals surface area (Å²) in [6.07, 6.45) is -0.488. The van der Waals surface area contributed by atoms with E-state index < -0.39 is 41.8 Å². The minimum absolute atomic E-state index is 0.0280. The van der Waals surface area contributed by atoms with Gasteiger partial charge in [-0.15, -0.1) is 0 Å². The van der Waals surface area contributed by atoms with Gasteiger partial charge in [0.1, 0.15) is 46.0 Å². The highest BCUT2D eigenvalue weighted by Crippen LogP contribution is 2.41. The first-order valence-electron chi connectivity index (χ1n) is 16.3. The van der Waals surface area contributed by atoms with Crippen LogP contribution in [0.1, 0.15) is 42.4 Å². The van der Waals surface area contributed by atoms with E-state index in [0.717, 1.165) is 0 Å². The Morgan fingerprint density at radius 2 is 1.98 bits per heavy atom. The number of aliphatic carboxylic acids is 1. The number of carboxylic acids is 1. The van der Waals surface area contributed by atoms with Gasteiger partial charge >= 0.3 is 5.97 Å². The number of alkyl halides is 2. The molecular formula is C35H32F3N7O6. The van der Waals surface area contributed by atoms with E-state index in [-0.39, 0.29) is 53.0 Å². The number of rotatable bonds is 6. The second-order valence-corrected chi connectivity index (χ2v) is 13.0. The molecule has 1 spiro atoms. The van der Waals surface area contributed by atoms with Gasteiger partial charge in [0.05, 0.1) is 32.4 Å². The van der Waals surface area contributed by atoms with Crippen LogP contribution < -0.4 is 14.5 Å².